The molecule has 0 aliphatic carbocycles. The first-order valence-corrected chi connectivity index (χ1v) is 7.06. The molecule has 3 nitrogen and oxygen atoms in total. The van der Waals surface area contributed by atoms with E-state index in [1.54, 1.807) is 12.1 Å². The summed E-state index contributed by atoms with van der Waals surface area (Å²) in [5, 5.41) is 5.68. The summed E-state index contributed by atoms with van der Waals surface area (Å²) in [6.07, 6.45) is 0.638. The molecule has 0 fully saturated rings. The van der Waals surface area contributed by atoms with Crippen molar-refractivity contribution in [3.63, 3.8) is 0 Å². The van der Waals surface area contributed by atoms with Gasteiger partial charge in [0.1, 0.15) is 5.82 Å². The van der Waals surface area contributed by atoms with Crippen LogP contribution in [0.25, 0.3) is 10.9 Å². The Kier molecular flexibility index (Phi) is 3.71. The van der Waals surface area contributed by atoms with Gasteiger partial charge in [0.2, 0.25) is 0 Å². The Morgan fingerprint density at radius 1 is 1.14 bits per heavy atom. The molecule has 0 aliphatic rings. The highest BCUT2D eigenvalue weighted by Crippen LogP contribution is 2.26. The van der Waals surface area contributed by atoms with E-state index < -0.39 is 0 Å². The van der Waals surface area contributed by atoms with Crippen molar-refractivity contribution in [3.8, 4) is 0 Å². The highest BCUT2D eigenvalue weighted by Gasteiger charge is 2.18. The zero-order chi connectivity index (χ0) is 14.8. The van der Waals surface area contributed by atoms with Gasteiger partial charge < -0.3 is 5.73 Å². The van der Waals surface area contributed by atoms with E-state index in [9.17, 15) is 4.39 Å². The third kappa shape index (κ3) is 2.54. The number of hydrogen-bond donors (Lipinski definition) is 1. The van der Waals surface area contributed by atoms with Gasteiger partial charge in [-0.1, -0.05) is 36.4 Å². The number of halogens is 1. The highest BCUT2D eigenvalue weighted by atomic mass is 19.1. The molecule has 108 valence electrons. The van der Waals surface area contributed by atoms with E-state index in [-0.39, 0.29) is 11.7 Å². The van der Waals surface area contributed by atoms with Crippen LogP contribution in [-0.2, 0) is 13.5 Å². The van der Waals surface area contributed by atoms with Crippen LogP contribution in [-0.4, -0.2) is 16.3 Å². The van der Waals surface area contributed by atoms with Gasteiger partial charge in [-0.15, -0.1) is 0 Å². The number of aromatic nitrogens is 2. The second-order valence-electron chi connectivity index (χ2n) is 5.25. The van der Waals surface area contributed by atoms with Gasteiger partial charge in [-0.3, -0.25) is 4.68 Å². The normalized spacial score (nSPS) is 12.7. The predicted molar refractivity (Wildman–Crippen MR) is 82.6 cm³/mol. The summed E-state index contributed by atoms with van der Waals surface area (Å²) in [6.45, 7) is 0.395. The molecule has 0 saturated carbocycles. The molecule has 0 bridgehead atoms. The molecular formula is C17H18FN3. The third-order valence-corrected chi connectivity index (χ3v) is 3.90. The van der Waals surface area contributed by atoms with Gasteiger partial charge in [0.25, 0.3) is 0 Å². The lowest BCUT2D eigenvalue weighted by Crippen LogP contribution is -2.16. The van der Waals surface area contributed by atoms with E-state index in [0.717, 1.165) is 16.6 Å². The SMILES string of the molecule is Cn1nc(CC(CN)c2ccccc2F)c2ccccc21. The van der Waals surface area contributed by atoms with Crippen molar-refractivity contribution in [2.45, 2.75) is 12.3 Å². The van der Waals surface area contributed by atoms with E-state index in [1.165, 1.54) is 6.07 Å². The van der Waals surface area contributed by atoms with Crippen LogP contribution in [0, 0.1) is 5.82 Å². The van der Waals surface area contributed by atoms with Crippen molar-refractivity contribution in [1.29, 1.82) is 0 Å². The van der Waals surface area contributed by atoms with Crippen molar-refractivity contribution < 1.29 is 4.39 Å². The highest BCUT2D eigenvalue weighted by molar-refractivity contribution is 5.81. The van der Waals surface area contributed by atoms with E-state index in [2.05, 4.69) is 5.10 Å². The average molecular weight is 283 g/mol. The van der Waals surface area contributed by atoms with Gasteiger partial charge in [0, 0.05) is 24.8 Å². The number of aryl methyl sites for hydroxylation is 1. The third-order valence-electron chi connectivity index (χ3n) is 3.90. The predicted octanol–water partition coefficient (Wildman–Crippen LogP) is 3.00. The second-order valence-corrected chi connectivity index (χ2v) is 5.25. The Labute approximate surface area is 123 Å². The van der Waals surface area contributed by atoms with Gasteiger partial charge >= 0.3 is 0 Å². The van der Waals surface area contributed by atoms with E-state index in [1.807, 2.05) is 42.1 Å². The Morgan fingerprint density at radius 3 is 2.62 bits per heavy atom. The lowest BCUT2D eigenvalue weighted by atomic mass is 9.93. The molecule has 1 heterocycles. The van der Waals surface area contributed by atoms with E-state index in [0.29, 0.717) is 18.5 Å². The molecule has 2 N–H and O–H groups in total. The maximum Gasteiger partial charge on any atom is 0.126 e. The summed E-state index contributed by atoms with van der Waals surface area (Å²) in [7, 11) is 1.92. The maximum absolute atomic E-state index is 14.0. The minimum atomic E-state index is -0.201. The summed E-state index contributed by atoms with van der Waals surface area (Å²) in [5.41, 5.74) is 8.58. The first-order valence-electron chi connectivity index (χ1n) is 7.06. The van der Waals surface area contributed by atoms with Gasteiger partial charge in [0.05, 0.1) is 11.2 Å². The quantitative estimate of drug-likeness (QED) is 0.800. The Morgan fingerprint density at radius 2 is 1.86 bits per heavy atom. The monoisotopic (exact) mass is 283 g/mol. The molecule has 2 aromatic carbocycles. The van der Waals surface area contributed by atoms with Crippen molar-refractivity contribution in [2.75, 3.05) is 6.54 Å². The number of fused-ring (bicyclic) bond motifs is 1. The summed E-state index contributed by atoms with van der Waals surface area (Å²) in [5.74, 6) is -0.266. The fourth-order valence-corrected chi connectivity index (χ4v) is 2.80. The molecule has 0 saturated heterocycles. The fourth-order valence-electron chi connectivity index (χ4n) is 2.80. The van der Waals surface area contributed by atoms with Crippen LogP contribution in [0.2, 0.25) is 0 Å². The summed E-state index contributed by atoms with van der Waals surface area (Å²) in [6, 6.07) is 14.9. The zero-order valence-electron chi connectivity index (χ0n) is 12.0. The molecule has 1 aromatic heterocycles. The molecule has 1 unspecified atom stereocenters. The standard InChI is InChI=1S/C17H18FN3/c1-21-17-9-5-3-7-14(17)16(20-21)10-12(11-19)13-6-2-4-8-15(13)18/h2-9,12H,10-11,19H2,1H3. The summed E-state index contributed by atoms with van der Waals surface area (Å²) >= 11 is 0. The molecular weight excluding hydrogens is 265 g/mol. The number of nitrogens with zero attached hydrogens (tertiary/aromatic N) is 2. The van der Waals surface area contributed by atoms with Gasteiger partial charge in [-0.2, -0.15) is 5.10 Å². The van der Waals surface area contributed by atoms with Crippen LogP contribution in [0.4, 0.5) is 4.39 Å². The van der Waals surface area contributed by atoms with Crippen LogP contribution in [0.15, 0.2) is 48.5 Å². The molecule has 0 spiro atoms. The minimum Gasteiger partial charge on any atom is -0.330 e. The number of rotatable bonds is 4. The largest absolute Gasteiger partial charge is 0.330 e. The number of para-hydroxylation sites is 1. The molecule has 3 rings (SSSR count). The molecule has 0 radical (unpaired) electrons. The lowest BCUT2D eigenvalue weighted by molar-refractivity contribution is 0.571. The molecule has 21 heavy (non-hydrogen) atoms. The number of benzene rings is 2. The Balaban J connectivity index is 1.99. The van der Waals surface area contributed by atoms with Crippen LogP contribution < -0.4 is 5.73 Å². The first kappa shape index (κ1) is 13.8. The molecule has 0 aliphatic heterocycles. The van der Waals surface area contributed by atoms with E-state index in [4.69, 9.17) is 5.73 Å². The second kappa shape index (κ2) is 5.66. The fraction of sp³-hybridized carbons (Fsp3) is 0.235. The lowest BCUT2D eigenvalue weighted by Gasteiger charge is -2.14. The molecule has 4 heteroatoms. The minimum absolute atomic E-state index is 0.0653. The van der Waals surface area contributed by atoms with Crippen LogP contribution in [0.1, 0.15) is 17.2 Å². The Bertz CT molecular complexity index is 764. The molecule has 1 atom stereocenters. The van der Waals surface area contributed by atoms with Gasteiger partial charge in [-0.25, -0.2) is 4.39 Å². The van der Waals surface area contributed by atoms with Crippen molar-refractivity contribution in [3.05, 3.63) is 65.6 Å². The maximum atomic E-state index is 14.0. The molecule has 3 aromatic rings. The number of hydrogen-bond acceptors (Lipinski definition) is 2. The van der Waals surface area contributed by atoms with Crippen LogP contribution >= 0.6 is 0 Å². The molecule has 0 amide bonds. The van der Waals surface area contributed by atoms with Crippen LogP contribution in [0.5, 0.6) is 0 Å². The van der Waals surface area contributed by atoms with Crippen molar-refractivity contribution >= 4 is 10.9 Å². The smallest absolute Gasteiger partial charge is 0.126 e. The zero-order valence-corrected chi connectivity index (χ0v) is 12.0. The van der Waals surface area contributed by atoms with Gasteiger partial charge in [0.15, 0.2) is 0 Å². The van der Waals surface area contributed by atoms with Crippen LogP contribution in [0.3, 0.4) is 0 Å². The van der Waals surface area contributed by atoms with Gasteiger partial charge in [-0.05, 0) is 24.2 Å². The summed E-state index contributed by atoms with van der Waals surface area (Å²) in [4.78, 5) is 0. The van der Waals surface area contributed by atoms with Crippen molar-refractivity contribution in [2.24, 2.45) is 12.8 Å². The Hall–Kier alpha value is -2.20. The topological polar surface area (TPSA) is 43.8 Å². The first-order chi connectivity index (χ1) is 10.2. The van der Waals surface area contributed by atoms with E-state index >= 15 is 0 Å². The average Bonchev–Trinajstić information content (AvgIpc) is 2.82. The van der Waals surface area contributed by atoms with Crippen molar-refractivity contribution in [1.82, 2.24) is 9.78 Å². The summed E-state index contributed by atoms with van der Waals surface area (Å²) < 4.78 is 15.8. The number of nitrogens with two attached hydrogens (primary N) is 1.